The van der Waals surface area contributed by atoms with Gasteiger partial charge in [0.2, 0.25) is 0 Å². The Morgan fingerprint density at radius 1 is 1.21 bits per heavy atom. The number of benzene rings is 1. The van der Waals surface area contributed by atoms with E-state index in [9.17, 15) is 26.7 Å². The fourth-order valence-electron chi connectivity index (χ4n) is 3.34. The highest BCUT2D eigenvalue weighted by Crippen LogP contribution is 2.42. The van der Waals surface area contributed by atoms with Crippen LogP contribution in [0.3, 0.4) is 0 Å². The van der Waals surface area contributed by atoms with Gasteiger partial charge in [-0.1, -0.05) is 25.5 Å². The molecule has 0 saturated carbocycles. The predicted molar refractivity (Wildman–Crippen MR) is 93.6 cm³/mol. The number of carbonyl (C=O) groups is 1. The highest BCUT2D eigenvalue weighted by Gasteiger charge is 2.39. The lowest BCUT2D eigenvalue weighted by atomic mass is 10.00. The molecule has 8 heteroatoms. The summed E-state index contributed by atoms with van der Waals surface area (Å²) in [5.74, 6) is -3.94. The van der Waals surface area contributed by atoms with Crippen LogP contribution in [0.25, 0.3) is 0 Å². The number of allylic oxidation sites excluding steroid dienone is 1. The molecule has 1 aliphatic rings. The van der Waals surface area contributed by atoms with Gasteiger partial charge >= 0.3 is 12.1 Å². The van der Waals surface area contributed by atoms with Gasteiger partial charge in [-0.15, -0.1) is 0 Å². The number of rotatable bonds is 8. The average Bonchev–Trinajstić information content (AvgIpc) is 2.83. The maximum Gasteiger partial charge on any atom is 0.416 e. The summed E-state index contributed by atoms with van der Waals surface area (Å²) in [6, 6.07) is 3.28. The Balaban J connectivity index is 2.18. The van der Waals surface area contributed by atoms with Crippen molar-refractivity contribution in [3.8, 4) is 5.75 Å². The average molecular weight is 406 g/mol. The molecule has 0 bridgehead atoms. The van der Waals surface area contributed by atoms with Crippen molar-refractivity contribution in [1.82, 2.24) is 0 Å². The molecule has 0 radical (unpaired) electrons. The van der Waals surface area contributed by atoms with Crippen molar-refractivity contribution in [2.75, 3.05) is 6.61 Å². The summed E-state index contributed by atoms with van der Waals surface area (Å²) in [5.41, 5.74) is -0.0786. The van der Waals surface area contributed by atoms with Gasteiger partial charge in [0, 0.05) is 19.3 Å². The van der Waals surface area contributed by atoms with Crippen molar-refractivity contribution in [3.05, 3.63) is 40.5 Å². The SMILES string of the molecule is CC(C)CC1=C(COc2ccc(CCC(=O)O)c(C(F)(F)F)c2)CC(F)(F)C1. The third-order valence-corrected chi connectivity index (χ3v) is 4.51. The molecule has 0 amide bonds. The Morgan fingerprint density at radius 2 is 1.86 bits per heavy atom. The van der Waals surface area contributed by atoms with Gasteiger partial charge in [-0.2, -0.15) is 13.2 Å². The number of hydrogen-bond donors (Lipinski definition) is 1. The Hall–Kier alpha value is -2.12. The van der Waals surface area contributed by atoms with E-state index in [2.05, 4.69) is 0 Å². The van der Waals surface area contributed by atoms with Gasteiger partial charge < -0.3 is 9.84 Å². The first-order valence-corrected chi connectivity index (χ1v) is 8.99. The number of ether oxygens (including phenoxy) is 1. The molecule has 0 atom stereocenters. The van der Waals surface area contributed by atoms with Crippen LogP contribution in [0.15, 0.2) is 29.3 Å². The van der Waals surface area contributed by atoms with Gasteiger partial charge in [0.25, 0.3) is 5.92 Å². The van der Waals surface area contributed by atoms with Crippen LogP contribution in [0, 0.1) is 5.92 Å². The van der Waals surface area contributed by atoms with E-state index in [1.54, 1.807) is 0 Å². The summed E-state index contributed by atoms with van der Waals surface area (Å²) in [6.07, 6.45) is -5.65. The minimum atomic E-state index is -4.67. The molecule has 156 valence electrons. The summed E-state index contributed by atoms with van der Waals surface area (Å²) >= 11 is 0. The lowest BCUT2D eigenvalue weighted by Crippen LogP contribution is -2.13. The van der Waals surface area contributed by atoms with Crippen LogP contribution in [0.1, 0.15) is 50.7 Å². The van der Waals surface area contributed by atoms with Gasteiger partial charge in [0.15, 0.2) is 0 Å². The van der Waals surface area contributed by atoms with E-state index in [0.29, 0.717) is 17.6 Å². The first-order valence-electron chi connectivity index (χ1n) is 8.99. The maximum absolute atomic E-state index is 13.8. The van der Waals surface area contributed by atoms with Gasteiger partial charge in [-0.05, 0) is 42.0 Å². The summed E-state index contributed by atoms with van der Waals surface area (Å²) in [5, 5.41) is 8.69. The number of hydrogen-bond acceptors (Lipinski definition) is 2. The Bertz CT molecular complexity index is 751. The van der Waals surface area contributed by atoms with E-state index in [-0.39, 0.29) is 36.7 Å². The molecule has 0 saturated heterocycles. The van der Waals surface area contributed by atoms with Gasteiger partial charge in [-0.25, -0.2) is 8.78 Å². The quantitative estimate of drug-likeness (QED) is 0.434. The standard InChI is InChI=1S/C20H23F5O3/c1-12(2)7-14-9-19(21,22)10-15(14)11-28-16-5-3-13(4-6-18(26)27)17(8-16)20(23,24)25/h3,5,8,12H,4,6-7,9-11H2,1-2H3,(H,26,27). The number of aliphatic carboxylic acids is 1. The highest BCUT2D eigenvalue weighted by atomic mass is 19.4. The van der Waals surface area contributed by atoms with Crippen molar-refractivity contribution >= 4 is 5.97 Å². The van der Waals surface area contributed by atoms with Gasteiger partial charge in [0.05, 0.1) is 5.56 Å². The molecule has 0 aliphatic heterocycles. The molecule has 28 heavy (non-hydrogen) atoms. The molecule has 0 spiro atoms. The highest BCUT2D eigenvalue weighted by molar-refractivity contribution is 5.67. The van der Waals surface area contributed by atoms with E-state index in [1.807, 2.05) is 13.8 Å². The van der Waals surface area contributed by atoms with Crippen molar-refractivity contribution < 1.29 is 36.6 Å². The van der Waals surface area contributed by atoms with Crippen LogP contribution in [-0.4, -0.2) is 23.6 Å². The second kappa shape index (κ2) is 8.49. The van der Waals surface area contributed by atoms with E-state index in [1.165, 1.54) is 12.1 Å². The normalized spacial score (nSPS) is 16.7. The number of aryl methyl sites for hydroxylation is 1. The zero-order valence-electron chi connectivity index (χ0n) is 15.7. The molecular formula is C20H23F5O3. The Kier molecular flexibility index (Phi) is 6.72. The summed E-state index contributed by atoms with van der Waals surface area (Å²) < 4.78 is 72.8. The minimum absolute atomic E-state index is 0.0852. The molecule has 0 fully saturated rings. The smallest absolute Gasteiger partial charge is 0.416 e. The molecule has 1 aromatic carbocycles. The molecule has 0 heterocycles. The lowest BCUT2D eigenvalue weighted by molar-refractivity contribution is -0.140. The maximum atomic E-state index is 13.8. The second-order valence-corrected chi connectivity index (χ2v) is 7.51. The number of alkyl halides is 5. The van der Waals surface area contributed by atoms with E-state index < -0.39 is 36.5 Å². The third-order valence-electron chi connectivity index (χ3n) is 4.51. The predicted octanol–water partition coefficient (Wildman–Crippen LogP) is 5.87. The van der Waals surface area contributed by atoms with E-state index in [4.69, 9.17) is 9.84 Å². The lowest BCUT2D eigenvalue weighted by Gasteiger charge is -2.16. The molecule has 0 aromatic heterocycles. The van der Waals surface area contributed by atoms with Crippen molar-refractivity contribution in [3.63, 3.8) is 0 Å². The van der Waals surface area contributed by atoms with Gasteiger partial charge in [0.1, 0.15) is 12.4 Å². The monoisotopic (exact) mass is 406 g/mol. The molecule has 0 unspecified atom stereocenters. The van der Waals surface area contributed by atoms with Crippen LogP contribution >= 0.6 is 0 Å². The van der Waals surface area contributed by atoms with Crippen LogP contribution < -0.4 is 4.74 Å². The van der Waals surface area contributed by atoms with Crippen LogP contribution in [0.2, 0.25) is 0 Å². The summed E-state index contributed by atoms with van der Waals surface area (Å²) in [6.45, 7) is 3.63. The molecule has 1 N–H and O–H groups in total. The molecule has 1 aromatic rings. The van der Waals surface area contributed by atoms with Crippen molar-refractivity contribution in [1.29, 1.82) is 0 Å². The fourth-order valence-corrected chi connectivity index (χ4v) is 3.34. The number of carboxylic acids is 1. The summed E-state index contributed by atoms with van der Waals surface area (Å²) in [7, 11) is 0. The second-order valence-electron chi connectivity index (χ2n) is 7.51. The number of halogens is 5. The Labute approximate surface area is 160 Å². The first-order chi connectivity index (χ1) is 12.9. The van der Waals surface area contributed by atoms with E-state index in [0.717, 1.165) is 6.07 Å². The summed E-state index contributed by atoms with van der Waals surface area (Å²) in [4.78, 5) is 10.6. The zero-order chi connectivity index (χ0) is 21.1. The molecule has 2 rings (SSSR count). The minimum Gasteiger partial charge on any atom is -0.489 e. The van der Waals surface area contributed by atoms with Crippen molar-refractivity contribution in [2.45, 2.75) is 58.1 Å². The first kappa shape index (κ1) is 22.2. The fraction of sp³-hybridized carbons (Fsp3) is 0.550. The van der Waals surface area contributed by atoms with Crippen LogP contribution in [0.4, 0.5) is 22.0 Å². The van der Waals surface area contributed by atoms with Crippen LogP contribution in [-0.2, 0) is 17.4 Å². The van der Waals surface area contributed by atoms with Gasteiger partial charge in [-0.3, -0.25) is 4.79 Å². The number of carboxylic acid groups (broad SMARTS) is 1. The largest absolute Gasteiger partial charge is 0.489 e. The molecule has 1 aliphatic carbocycles. The molecule has 3 nitrogen and oxygen atoms in total. The third kappa shape index (κ3) is 6.21. The van der Waals surface area contributed by atoms with Crippen molar-refractivity contribution in [2.24, 2.45) is 5.92 Å². The zero-order valence-corrected chi connectivity index (χ0v) is 15.7. The van der Waals surface area contributed by atoms with Crippen LogP contribution in [0.5, 0.6) is 5.75 Å². The van der Waals surface area contributed by atoms with E-state index >= 15 is 0 Å². The molecular weight excluding hydrogens is 383 g/mol. The topological polar surface area (TPSA) is 46.5 Å². The Morgan fingerprint density at radius 3 is 2.43 bits per heavy atom.